The van der Waals surface area contributed by atoms with Gasteiger partial charge in [0.2, 0.25) is 0 Å². The summed E-state index contributed by atoms with van der Waals surface area (Å²) in [4.78, 5) is 12.3. The molecule has 1 aromatic heterocycles. The summed E-state index contributed by atoms with van der Waals surface area (Å²) >= 11 is 0. The fraction of sp³-hybridized carbons (Fsp3) is 0.211. The minimum Gasteiger partial charge on any atom is -0.504 e. The topological polar surface area (TPSA) is 68.9 Å². The van der Waals surface area contributed by atoms with Gasteiger partial charge in [-0.15, -0.1) is 0 Å². The lowest BCUT2D eigenvalue weighted by molar-refractivity contribution is 0.373. The van der Waals surface area contributed by atoms with Crippen LogP contribution >= 0.6 is 0 Å². The molecule has 0 amide bonds. The Hall–Kier alpha value is -2.95. The van der Waals surface area contributed by atoms with Crippen molar-refractivity contribution in [3.63, 3.8) is 0 Å². The lowest BCUT2D eigenvalue weighted by Gasteiger charge is -2.07. The van der Waals surface area contributed by atoms with Gasteiger partial charge in [-0.05, 0) is 42.3 Å². The molecule has 5 heteroatoms. The summed E-state index contributed by atoms with van der Waals surface area (Å²) < 4.78 is 16.0. The van der Waals surface area contributed by atoms with E-state index in [0.717, 1.165) is 5.56 Å². The Balaban J connectivity index is 1.84. The molecule has 1 heterocycles. The second kappa shape index (κ2) is 6.66. The molecule has 0 spiro atoms. The third-order valence-electron chi connectivity index (χ3n) is 3.89. The lowest BCUT2D eigenvalue weighted by Crippen LogP contribution is -2.03. The van der Waals surface area contributed by atoms with Crippen LogP contribution in [0.3, 0.4) is 0 Å². The Labute approximate surface area is 139 Å². The molecule has 0 atom stereocenters. The van der Waals surface area contributed by atoms with Crippen molar-refractivity contribution in [3.05, 3.63) is 64.0 Å². The number of aryl methyl sites for hydroxylation is 2. The molecule has 0 aliphatic rings. The predicted octanol–water partition coefficient (Wildman–Crippen LogP) is 3.30. The molecular weight excluding hydrogens is 308 g/mol. The van der Waals surface area contributed by atoms with E-state index in [1.165, 1.54) is 13.2 Å². The van der Waals surface area contributed by atoms with Crippen LogP contribution in [-0.4, -0.2) is 19.3 Å². The van der Waals surface area contributed by atoms with Crippen LogP contribution in [0.25, 0.3) is 11.0 Å². The minimum absolute atomic E-state index is 0.0894. The van der Waals surface area contributed by atoms with E-state index in [4.69, 9.17) is 13.9 Å². The van der Waals surface area contributed by atoms with E-state index in [9.17, 15) is 9.90 Å². The smallest absolute Gasteiger partial charge is 0.193 e. The van der Waals surface area contributed by atoms with Crippen LogP contribution in [0.4, 0.5) is 0 Å². The van der Waals surface area contributed by atoms with E-state index in [2.05, 4.69) is 0 Å². The molecule has 0 unspecified atom stereocenters. The predicted molar refractivity (Wildman–Crippen MR) is 91.1 cm³/mol. The van der Waals surface area contributed by atoms with Crippen LogP contribution in [0.1, 0.15) is 11.3 Å². The number of hydrogen-bond donors (Lipinski definition) is 1. The molecule has 0 saturated heterocycles. The average Bonchev–Trinajstić information content (AvgIpc) is 2.60. The molecule has 124 valence electrons. The first-order chi connectivity index (χ1) is 11.6. The molecule has 1 N–H and O–H groups in total. The van der Waals surface area contributed by atoms with Crippen molar-refractivity contribution in [1.29, 1.82) is 0 Å². The summed E-state index contributed by atoms with van der Waals surface area (Å²) in [6.45, 7) is 0. The van der Waals surface area contributed by atoms with E-state index >= 15 is 0 Å². The molecule has 0 fully saturated rings. The van der Waals surface area contributed by atoms with Crippen molar-refractivity contribution < 1.29 is 19.0 Å². The second-order valence-electron chi connectivity index (χ2n) is 5.45. The van der Waals surface area contributed by atoms with E-state index in [-0.39, 0.29) is 11.2 Å². The second-order valence-corrected chi connectivity index (χ2v) is 5.45. The molecule has 0 bridgehead atoms. The molecule has 2 aromatic carbocycles. The highest BCUT2D eigenvalue weighted by Gasteiger charge is 2.08. The fourth-order valence-electron chi connectivity index (χ4n) is 2.58. The molecule has 0 aliphatic heterocycles. The summed E-state index contributed by atoms with van der Waals surface area (Å²) in [7, 11) is 3.07. The van der Waals surface area contributed by atoms with Gasteiger partial charge in [-0.25, -0.2) is 0 Å². The van der Waals surface area contributed by atoms with Crippen LogP contribution in [0.15, 0.2) is 51.7 Å². The zero-order valence-electron chi connectivity index (χ0n) is 13.5. The minimum atomic E-state index is -0.0894. The zero-order valence-corrected chi connectivity index (χ0v) is 13.5. The Morgan fingerprint density at radius 2 is 1.83 bits per heavy atom. The number of fused-ring (bicyclic) bond motifs is 1. The lowest BCUT2D eigenvalue weighted by atomic mass is 10.1. The summed E-state index contributed by atoms with van der Waals surface area (Å²) in [6, 6.07) is 11.9. The zero-order chi connectivity index (χ0) is 17.1. The van der Waals surface area contributed by atoms with Gasteiger partial charge in [0, 0.05) is 12.5 Å². The Kier molecular flexibility index (Phi) is 4.42. The van der Waals surface area contributed by atoms with Gasteiger partial charge in [0.05, 0.1) is 19.6 Å². The molecule has 0 radical (unpaired) electrons. The van der Waals surface area contributed by atoms with Crippen LogP contribution in [0, 0.1) is 0 Å². The number of phenols is 1. The maximum atomic E-state index is 12.3. The maximum Gasteiger partial charge on any atom is 0.193 e. The van der Waals surface area contributed by atoms with Crippen molar-refractivity contribution in [2.75, 3.05) is 14.2 Å². The average molecular weight is 326 g/mol. The van der Waals surface area contributed by atoms with Crippen LogP contribution in [0.5, 0.6) is 17.2 Å². The van der Waals surface area contributed by atoms with Crippen molar-refractivity contribution in [3.8, 4) is 17.2 Å². The normalized spacial score (nSPS) is 10.8. The monoisotopic (exact) mass is 326 g/mol. The van der Waals surface area contributed by atoms with Crippen LogP contribution in [0.2, 0.25) is 0 Å². The fourth-order valence-corrected chi connectivity index (χ4v) is 2.58. The third-order valence-corrected chi connectivity index (χ3v) is 3.89. The highest BCUT2D eigenvalue weighted by molar-refractivity contribution is 5.78. The maximum absolute atomic E-state index is 12.3. The van der Waals surface area contributed by atoms with Crippen molar-refractivity contribution in [2.45, 2.75) is 12.8 Å². The van der Waals surface area contributed by atoms with Gasteiger partial charge in [-0.2, -0.15) is 0 Å². The van der Waals surface area contributed by atoms with Gasteiger partial charge >= 0.3 is 0 Å². The number of benzene rings is 2. The number of aromatic hydroxyl groups is 1. The molecule has 0 saturated carbocycles. The number of phenolic OH excluding ortho intramolecular Hbond substituents is 1. The van der Waals surface area contributed by atoms with E-state index in [0.29, 0.717) is 41.1 Å². The molecule has 3 rings (SSSR count). The number of hydrogen-bond acceptors (Lipinski definition) is 5. The Morgan fingerprint density at radius 1 is 1.00 bits per heavy atom. The highest BCUT2D eigenvalue weighted by atomic mass is 16.5. The first-order valence-electron chi connectivity index (χ1n) is 7.57. The summed E-state index contributed by atoms with van der Waals surface area (Å²) in [5, 5.41) is 10.1. The van der Waals surface area contributed by atoms with Gasteiger partial charge in [-0.3, -0.25) is 4.79 Å². The number of rotatable bonds is 5. The van der Waals surface area contributed by atoms with Crippen molar-refractivity contribution in [2.24, 2.45) is 0 Å². The van der Waals surface area contributed by atoms with E-state index in [1.807, 2.05) is 6.07 Å². The highest BCUT2D eigenvalue weighted by Crippen LogP contribution is 2.27. The van der Waals surface area contributed by atoms with Crippen molar-refractivity contribution in [1.82, 2.24) is 0 Å². The Bertz CT molecular complexity index is 927. The van der Waals surface area contributed by atoms with Gasteiger partial charge in [0.1, 0.15) is 17.1 Å². The van der Waals surface area contributed by atoms with E-state index < -0.39 is 0 Å². The molecular formula is C19H18O5. The van der Waals surface area contributed by atoms with Crippen LogP contribution < -0.4 is 14.9 Å². The van der Waals surface area contributed by atoms with Crippen molar-refractivity contribution >= 4 is 11.0 Å². The summed E-state index contributed by atoms with van der Waals surface area (Å²) in [5.41, 5.74) is 1.44. The van der Waals surface area contributed by atoms with Gasteiger partial charge < -0.3 is 19.0 Å². The summed E-state index contributed by atoms with van der Waals surface area (Å²) in [6.07, 6.45) is 1.24. The van der Waals surface area contributed by atoms with E-state index in [1.54, 1.807) is 37.4 Å². The molecule has 0 aliphatic carbocycles. The van der Waals surface area contributed by atoms with Gasteiger partial charge in [-0.1, -0.05) is 6.07 Å². The molecule has 5 nitrogen and oxygen atoms in total. The number of ether oxygens (including phenoxy) is 2. The standard InChI is InChI=1S/C19H18O5/c1-22-13-6-8-18-15(10-13)17(21)11-14(24-18)5-3-12-4-7-16(20)19(9-12)23-2/h4,6-11,20H,3,5H2,1-2H3. The first-order valence-corrected chi connectivity index (χ1v) is 7.57. The molecule has 3 aromatic rings. The third kappa shape index (κ3) is 3.20. The Morgan fingerprint density at radius 3 is 2.58 bits per heavy atom. The quantitative estimate of drug-likeness (QED) is 0.779. The van der Waals surface area contributed by atoms with Gasteiger partial charge in [0.15, 0.2) is 16.9 Å². The summed E-state index contributed by atoms with van der Waals surface area (Å²) in [5.74, 6) is 1.77. The van der Waals surface area contributed by atoms with Gasteiger partial charge in [0.25, 0.3) is 0 Å². The van der Waals surface area contributed by atoms with Crippen LogP contribution in [-0.2, 0) is 12.8 Å². The number of methoxy groups -OCH3 is 2. The molecule has 24 heavy (non-hydrogen) atoms. The largest absolute Gasteiger partial charge is 0.504 e. The first kappa shape index (κ1) is 15.9. The SMILES string of the molecule is COc1ccc2oc(CCc3ccc(O)c(OC)c3)cc(=O)c2c1.